The maximum Gasteiger partial charge on any atom is 0.257 e. The lowest BCUT2D eigenvalue weighted by Crippen LogP contribution is -2.48. The van der Waals surface area contributed by atoms with Gasteiger partial charge in [-0.3, -0.25) is 25.8 Å². The number of amides is 2. The number of rotatable bonds is 3. The van der Waals surface area contributed by atoms with Crippen LogP contribution in [0.3, 0.4) is 0 Å². The number of carbonyl (C=O) groups excluding carboxylic acids is 2. The third-order valence-corrected chi connectivity index (χ3v) is 4.28. The van der Waals surface area contributed by atoms with Crippen LogP contribution in [0.5, 0.6) is 0 Å². The first kappa shape index (κ1) is 18.8. The summed E-state index contributed by atoms with van der Waals surface area (Å²) in [5.41, 5.74) is 6.29. The zero-order valence-corrected chi connectivity index (χ0v) is 15.7. The highest BCUT2D eigenvalue weighted by molar-refractivity contribution is 7.80. The van der Waals surface area contributed by atoms with Crippen LogP contribution in [-0.4, -0.2) is 16.9 Å². The van der Waals surface area contributed by atoms with Gasteiger partial charge in [-0.1, -0.05) is 54.1 Å². The minimum absolute atomic E-state index is 0.00168. The van der Waals surface area contributed by atoms with Crippen molar-refractivity contribution in [3.05, 3.63) is 82.9 Å². The smallest absolute Gasteiger partial charge is 0.257 e. The van der Waals surface area contributed by atoms with E-state index in [-0.39, 0.29) is 17.4 Å². The summed E-state index contributed by atoms with van der Waals surface area (Å²) in [6.45, 7) is 0. The van der Waals surface area contributed by atoms with Crippen LogP contribution < -0.4 is 16.2 Å². The van der Waals surface area contributed by atoms with Crippen molar-refractivity contribution in [3.63, 3.8) is 0 Å². The van der Waals surface area contributed by atoms with Crippen molar-refractivity contribution in [2.24, 2.45) is 0 Å². The number of hydrazine groups is 1. The third kappa shape index (κ3) is 5.26. The molecule has 3 aromatic rings. The Bertz CT molecular complexity index is 1010. The van der Waals surface area contributed by atoms with E-state index in [1.807, 2.05) is 42.5 Å². The van der Waals surface area contributed by atoms with E-state index in [9.17, 15) is 9.59 Å². The number of fused-ring (bicyclic) bond motifs is 1. The lowest BCUT2D eigenvalue weighted by atomic mass is 10.1. The minimum atomic E-state index is -0.395. The van der Waals surface area contributed by atoms with Crippen LogP contribution in [0, 0.1) is 0 Å². The number of thiocarbonyl (C=S) groups is 1. The molecule has 0 saturated carbocycles. The number of hydrogen-bond acceptors (Lipinski definition) is 3. The molecule has 0 fully saturated rings. The van der Waals surface area contributed by atoms with Crippen LogP contribution in [0.1, 0.15) is 15.9 Å². The van der Waals surface area contributed by atoms with Crippen molar-refractivity contribution in [1.82, 2.24) is 16.2 Å². The Balaban J connectivity index is 1.49. The molecule has 0 radical (unpaired) electrons. The molecule has 0 atom stereocenters. The van der Waals surface area contributed by atoms with E-state index < -0.39 is 5.91 Å². The molecule has 3 N–H and O–H groups in total. The first-order chi connectivity index (χ1) is 13.0. The number of halogens is 1. The zero-order valence-electron chi connectivity index (χ0n) is 14.2. The van der Waals surface area contributed by atoms with Crippen molar-refractivity contribution >= 4 is 51.5 Å². The van der Waals surface area contributed by atoms with Gasteiger partial charge in [0.2, 0.25) is 5.91 Å². The van der Waals surface area contributed by atoms with E-state index in [2.05, 4.69) is 16.2 Å². The Morgan fingerprint density at radius 3 is 2.33 bits per heavy atom. The highest BCUT2D eigenvalue weighted by atomic mass is 35.5. The molecule has 0 heterocycles. The van der Waals surface area contributed by atoms with Gasteiger partial charge < -0.3 is 0 Å². The molecule has 7 heteroatoms. The summed E-state index contributed by atoms with van der Waals surface area (Å²) in [6.07, 6.45) is 0.186. The maximum absolute atomic E-state index is 12.1. The standard InChI is InChI=1S/C20H16ClN3O2S/c21-17-9-7-15(8-10-17)19(26)22-20(27)24-23-18(25)12-13-5-6-14-3-1-2-4-16(14)11-13/h1-11H,12H2,(H,23,25)(H2,22,24,26,27). The predicted octanol–water partition coefficient (Wildman–Crippen LogP) is 3.37. The van der Waals surface area contributed by atoms with Gasteiger partial charge in [0, 0.05) is 10.6 Å². The van der Waals surface area contributed by atoms with Gasteiger partial charge in [0.05, 0.1) is 6.42 Å². The van der Waals surface area contributed by atoms with Crippen LogP contribution in [0.4, 0.5) is 0 Å². The molecule has 0 aliphatic heterocycles. The molecule has 0 bridgehead atoms. The second-order valence-corrected chi connectivity index (χ2v) is 6.67. The summed E-state index contributed by atoms with van der Waals surface area (Å²) < 4.78 is 0. The van der Waals surface area contributed by atoms with Crippen molar-refractivity contribution in [2.45, 2.75) is 6.42 Å². The molecule has 0 aromatic heterocycles. The Hall–Kier alpha value is -2.96. The fourth-order valence-electron chi connectivity index (χ4n) is 2.51. The molecule has 3 aromatic carbocycles. The SMILES string of the molecule is O=C(Cc1ccc2ccccc2c1)NNC(=S)NC(=O)c1ccc(Cl)cc1. The normalized spacial score (nSPS) is 10.3. The van der Waals surface area contributed by atoms with Gasteiger partial charge in [-0.25, -0.2) is 0 Å². The fourth-order valence-corrected chi connectivity index (χ4v) is 2.78. The molecule has 0 aliphatic rings. The second kappa shape index (κ2) is 8.62. The van der Waals surface area contributed by atoms with E-state index in [1.165, 1.54) is 0 Å². The van der Waals surface area contributed by atoms with Gasteiger partial charge in [0.15, 0.2) is 5.11 Å². The average molecular weight is 398 g/mol. The zero-order chi connectivity index (χ0) is 19.2. The summed E-state index contributed by atoms with van der Waals surface area (Å²) in [4.78, 5) is 24.1. The van der Waals surface area contributed by atoms with Gasteiger partial charge in [0.25, 0.3) is 5.91 Å². The van der Waals surface area contributed by atoms with Crippen LogP contribution in [0.25, 0.3) is 10.8 Å². The van der Waals surface area contributed by atoms with Gasteiger partial charge >= 0.3 is 0 Å². The van der Waals surface area contributed by atoms with Crippen LogP contribution in [-0.2, 0) is 11.2 Å². The first-order valence-electron chi connectivity index (χ1n) is 8.15. The van der Waals surface area contributed by atoms with Crippen molar-refractivity contribution in [2.75, 3.05) is 0 Å². The summed E-state index contributed by atoms with van der Waals surface area (Å²) >= 11 is 10.8. The highest BCUT2D eigenvalue weighted by Crippen LogP contribution is 2.15. The van der Waals surface area contributed by atoms with Gasteiger partial charge in [-0.05, 0) is 52.8 Å². The van der Waals surface area contributed by atoms with Crippen molar-refractivity contribution < 1.29 is 9.59 Å². The molecule has 0 saturated heterocycles. The monoisotopic (exact) mass is 397 g/mol. The second-order valence-electron chi connectivity index (χ2n) is 5.82. The van der Waals surface area contributed by atoms with E-state index in [0.717, 1.165) is 16.3 Å². The van der Waals surface area contributed by atoms with E-state index in [1.54, 1.807) is 24.3 Å². The average Bonchev–Trinajstić information content (AvgIpc) is 2.67. The van der Waals surface area contributed by atoms with Gasteiger partial charge in [0.1, 0.15) is 0 Å². The van der Waals surface area contributed by atoms with E-state index >= 15 is 0 Å². The molecule has 3 rings (SSSR count). The van der Waals surface area contributed by atoms with Crippen LogP contribution in [0.2, 0.25) is 5.02 Å². The number of nitrogens with one attached hydrogen (secondary N) is 3. The lowest BCUT2D eigenvalue weighted by Gasteiger charge is -2.11. The summed E-state index contributed by atoms with van der Waals surface area (Å²) in [5.74, 6) is -0.665. The Labute approximate surface area is 166 Å². The topological polar surface area (TPSA) is 70.2 Å². The van der Waals surface area contributed by atoms with E-state index in [4.69, 9.17) is 23.8 Å². The Morgan fingerprint density at radius 2 is 1.59 bits per heavy atom. The Kier molecular flexibility index (Phi) is 6.01. The molecule has 0 spiro atoms. The summed E-state index contributed by atoms with van der Waals surface area (Å²) in [5, 5.41) is 5.21. The lowest BCUT2D eigenvalue weighted by molar-refractivity contribution is -0.121. The molecular formula is C20H16ClN3O2S. The predicted molar refractivity (Wildman–Crippen MR) is 110 cm³/mol. The highest BCUT2D eigenvalue weighted by Gasteiger charge is 2.09. The minimum Gasteiger partial charge on any atom is -0.298 e. The first-order valence-corrected chi connectivity index (χ1v) is 8.93. The quantitative estimate of drug-likeness (QED) is 0.468. The van der Waals surface area contributed by atoms with Crippen LogP contribution in [0.15, 0.2) is 66.7 Å². The number of carbonyl (C=O) groups is 2. The molecule has 0 unspecified atom stereocenters. The maximum atomic E-state index is 12.1. The Morgan fingerprint density at radius 1 is 0.889 bits per heavy atom. The number of hydrogen-bond donors (Lipinski definition) is 3. The molecule has 2 amide bonds. The van der Waals surface area contributed by atoms with Gasteiger partial charge in [-0.2, -0.15) is 0 Å². The van der Waals surface area contributed by atoms with Gasteiger partial charge in [-0.15, -0.1) is 0 Å². The largest absolute Gasteiger partial charge is 0.298 e. The summed E-state index contributed by atoms with van der Waals surface area (Å²) in [7, 11) is 0. The van der Waals surface area contributed by atoms with Crippen molar-refractivity contribution in [3.8, 4) is 0 Å². The van der Waals surface area contributed by atoms with Crippen molar-refractivity contribution in [1.29, 1.82) is 0 Å². The number of benzene rings is 3. The van der Waals surface area contributed by atoms with Crippen LogP contribution >= 0.6 is 23.8 Å². The molecule has 0 aliphatic carbocycles. The molecular weight excluding hydrogens is 382 g/mol. The third-order valence-electron chi connectivity index (χ3n) is 3.83. The summed E-state index contributed by atoms with van der Waals surface area (Å²) in [6, 6.07) is 20.2. The molecule has 27 heavy (non-hydrogen) atoms. The molecule has 136 valence electrons. The molecule has 5 nitrogen and oxygen atoms in total. The fraction of sp³-hybridized carbons (Fsp3) is 0.0500. The van der Waals surface area contributed by atoms with E-state index in [0.29, 0.717) is 10.6 Å².